The number of ether oxygens (including phenoxy) is 1. The lowest BCUT2D eigenvalue weighted by Gasteiger charge is -2.03. The summed E-state index contributed by atoms with van der Waals surface area (Å²) in [6.45, 7) is 4.40. The van der Waals surface area contributed by atoms with Gasteiger partial charge < -0.3 is 4.74 Å². The van der Waals surface area contributed by atoms with E-state index in [0.29, 0.717) is 12.2 Å². The first-order chi connectivity index (χ1) is 7.77. The Hall–Kier alpha value is -1.31. The molecule has 0 aliphatic heterocycles. The second-order valence-electron chi connectivity index (χ2n) is 3.70. The molecule has 0 N–H and O–H groups in total. The summed E-state index contributed by atoms with van der Waals surface area (Å²) < 4.78 is 4.92. The third kappa shape index (κ3) is 4.05. The van der Waals surface area contributed by atoms with Gasteiger partial charge in [0, 0.05) is 0 Å². The van der Waals surface area contributed by atoms with Crippen molar-refractivity contribution in [3.05, 3.63) is 41.8 Å². The SMILES string of the molecule is CCC[CH]Cc1ccc(C(=O)OCC)cc1. The summed E-state index contributed by atoms with van der Waals surface area (Å²) in [5.74, 6) is -0.244. The molecule has 2 nitrogen and oxygen atoms in total. The molecule has 0 amide bonds. The minimum atomic E-state index is -0.244. The fraction of sp³-hybridized carbons (Fsp3) is 0.429. The molecule has 1 aromatic carbocycles. The van der Waals surface area contributed by atoms with Crippen molar-refractivity contribution in [1.29, 1.82) is 0 Å². The zero-order valence-corrected chi connectivity index (χ0v) is 10.0. The molecule has 87 valence electrons. The second kappa shape index (κ2) is 7.04. The molecule has 0 aromatic heterocycles. The molecule has 0 aliphatic carbocycles. The summed E-state index contributed by atoms with van der Waals surface area (Å²) >= 11 is 0. The molecular weight excluding hydrogens is 200 g/mol. The van der Waals surface area contributed by atoms with E-state index in [9.17, 15) is 4.79 Å². The van der Waals surface area contributed by atoms with Gasteiger partial charge in [0.05, 0.1) is 12.2 Å². The number of unbranched alkanes of at least 4 members (excludes halogenated alkanes) is 2. The first kappa shape index (κ1) is 12.8. The van der Waals surface area contributed by atoms with Crippen LogP contribution in [0.1, 0.15) is 42.6 Å². The van der Waals surface area contributed by atoms with Crippen molar-refractivity contribution >= 4 is 5.97 Å². The van der Waals surface area contributed by atoms with E-state index in [-0.39, 0.29) is 5.97 Å². The van der Waals surface area contributed by atoms with Crippen LogP contribution >= 0.6 is 0 Å². The number of esters is 1. The van der Waals surface area contributed by atoms with Gasteiger partial charge in [-0.25, -0.2) is 4.79 Å². The van der Waals surface area contributed by atoms with Gasteiger partial charge in [-0.15, -0.1) is 0 Å². The third-order valence-corrected chi connectivity index (χ3v) is 2.34. The van der Waals surface area contributed by atoms with E-state index in [2.05, 4.69) is 13.3 Å². The minimum Gasteiger partial charge on any atom is -0.462 e. The molecule has 0 unspecified atom stereocenters. The molecule has 1 aromatic rings. The van der Waals surface area contributed by atoms with Crippen molar-refractivity contribution in [3.63, 3.8) is 0 Å². The van der Waals surface area contributed by atoms with Crippen molar-refractivity contribution in [2.24, 2.45) is 0 Å². The quantitative estimate of drug-likeness (QED) is 0.541. The number of hydrogen-bond donors (Lipinski definition) is 0. The first-order valence-corrected chi connectivity index (χ1v) is 5.85. The standard InChI is InChI=1S/C14H19O2/c1-3-5-6-7-12-8-10-13(11-9-12)14(15)16-4-2/h6,8-11H,3-5,7H2,1-2H3. The van der Waals surface area contributed by atoms with Crippen LogP contribution in [0.4, 0.5) is 0 Å². The molecular formula is C14H19O2. The van der Waals surface area contributed by atoms with E-state index in [1.54, 1.807) is 0 Å². The number of carbonyl (C=O) groups is 1. The Kier molecular flexibility index (Phi) is 5.62. The van der Waals surface area contributed by atoms with E-state index in [1.807, 2.05) is 31.2 Å². The Balaban J connectivity index is 2.50. The average Bonchev–Trinajstić information content (AvgIpc) is 2.30. The van der Waals surface area contributed by atoms with Gasteiger partial charge in [0.25, 0.3) is 0 Å². The van der Waals surface area contributed by atoms with E-state index < -0.39 is 0 Å². The van der Waals surface area contributed by atoms with Crippen molar-refractivity contribution in [3.8, 4) is 0 Å². The van der Waals surface area contributed by atoms with Crippen molar-refractivity contribution in [2.45, 2.75) is 33.1 Å². The molecule has 0 atom stereocenters. The van der Waals surface area contributed by atoms with Gasteiger partial charge in [-0.05, 0) is 37.5 Å². The Bertz CT molecular complexity index is 314. The summed E-state index contributed by atoms with van der Waals surface area (Å²) in [5.41, 5.74) is 1.86. The largest absolute Gasteiger partial charge is 0.462 e. The van der Waals surface area contributed by atoms with Crippen LogP contribution < -0.4 is 0 Å². The predicted octanol–water partition coefficient (Wildman–Crippen LogP) is 3.41. The van der Waals surface area contributed by atoms with Crippen LogP contribution in [-0.4, -0.2) is 12.6 Å². The summed E-state index contributed by atoms with van der Waals surface area (Å²) in [6, 6.07) is 7.62. The lowest BCUT2D eigenvalue weighted by atomic mass is 10.1. The Morgan fingerprint density at radius 2 is 1.94 bits per heavy atom. The fourth-order valence-electron chi connectivity index (χ4n) is 1.46. The van der Waals surface area contributed by atoms with Crippen molar-refractivity contribution in [2.75, 3.05) is 6.61 Å². The summed E-state index contributed by atoms with van der Waals surface area (Å²) in [4.78, 5) is 11.4. The van der Waals surface area contributed by atoms with Gasteiger partial charge in [0.15, 0.2) is 0 Å². The summed E-state index contributed by atoms with van der Waals surface area (Å²) in [7, 11) is 0. The highest BCUT2D eigenvalue weighted by molar-refractivity contribution is 5.89. The molecule has 2 heteroatoms. The van der Waals surface area contributed by atoms with Crippen LogP contribution in [0.15, 0.2) is 24.3 Å². The van der Waals surface area contributed by atoms with Crippen LogP contribution in [0.25, 0.3) is 0 Å². The molecule has 0 bridgehead atoms. The van der Waals surface area contributed by atoms with Gasteiger partial charge in [0.1, 0.15) is 0 Å². The van der Waals surface area contributed by atoms with Crippen LogP contribution in [0.5, 0.6) is 0 Å². The zero-order valence-electron chi connectivity index (χ0n) is 10.0. The number of carbonyl (C=O) groups excluding carboxylic acids is 1. The van der Waals surface area contributed by atoms with Gasteiger partial charge in [-0.2, -0.15) is 0 Å². The molecule has 1 rings (SSSR count). The highest BCUT2D eigenvalue weighted by Gasteiger charge is 2.05. The van der Waals surface area contributed by atoms with E-state index in [4.69, 9.17) is 4.74 Å². The minimum absolute atomic E-state index is 0.244. The number of rotatable bonds is 6. The molecule has 0 spiro atoms. The first-order valence-electron chi connectivity index (χ1n) is 5.85. The topological polar surface area (TPSA) is 26.3 Å². The lowest BCUT2D eigenvalue weighted by molar-refractivity contribution is 0.0526. The van der Waals surface area contributed by atoms with Crippen molar-refractivity contribution < 1.29 is 9.53 Å². The van der Waals surface area contributed by atoms with Gasteiger partial charge in [-0.3, -0.25) is 0 Å². The zero-order chi connectivity index (χ0) is 11.8. The molecule has 0 saturated heterocycles. The van der Waals surface area contributed by atoms with Gasteiger partial charge in [0.2, 0.25) is 0 Å². The Morgan fingerprint density at radius 1 is 1.25 bits per heavy atom. The molecule has 0 fully saturated rings. The Morgan fingerprint density at radius 3 is 2.50 bits per heavy atom. The molecule has 0 heterocycles. The van der Waals surface area contributed by atoms with Crippen LogP contribution in [0.3, 0.4) is 0 Å². The van der Waals surface area contributed by atoms with E-state index >= 15 is 0 Å². The smallest absolute Gasteiger partial charge is 0.338 e. The normalized spacial score (nSPS) is 10.1. The highest BCUT2D eigenvalue weighted by atomic mass is 16.5. The predicted molar refractivity (Wildman–Crippen MR) is 65.3 cm³/mol. The monoisotopic (exact) mass is 219 g/mol. The maximum absolute atomic E-state index is 11.4. The van der Waals surface area contributed by atoms with Crippen LogP contribution in [0, 0.1) is 6.42 Å². The maximum Gasteiger partial charge on any atom is 0.338 e. The van der Waals surface area contributed by atoms with E-state index in [0.717, 1.165) is 12.8 Å². The number of hydrogen-bond acceptors (Lipinski definition) is 2. The average molecular weight is 219 g/mol. The summed E-state index contributed by atoms with van der Waals surface area (Å²) in [6.07, 6.45) is 5.55. The lowest BCUT2D eigenvalue weighted by Crippen LogP contribution is -2.04. The van der Waals surface area contributed by atoms with E-state index in [1.165, 1.54) is 12.0 Å². The third-order valence-electron chi connectivity index (χ3n) is 2.34. The van der Waals surface area contributed by atoms with Crippen LogP contribution in [-0.2, 0) is 11.2 Å². The molecule has 0 saturated carbocycles. The summed E-state index contributed by atoms with van der Waals surface area (Å²) in [5, 5.41) is 0. The second-order valence-corrected chi connectivity index (χ2v) is 3.70. The number of benzene rings is 1. The van der Waals surface area contributed by atoms with Gasteiger partial charge >= 0.3 is 5.97 Å². The van der Waals surface area contributed by atoms with Crippen molar-refractivity contribution in [1.82, 2.24) is 0 Å². The Labute approximate surface area is 97.6 Å². The molecule has 16 heavy (non-hydrogen) atoms. The highest BCUT2D eigenvalue weighted by Crippen LogP contribution is 2.09. The molecule has 0 aliphatic rings. The maximum atomic E-state index is 11.4. The van der Waals surface area contributed by atoms with Crippen LogP contribution in [0.2, 0.25) is 0 Å². The molecule has 1 radical (unpaired) electrons. The fourth-order valence-corrected chi connectivity index (χ4v) is 1.46. The van der Waals surface area contributed by atoms with Gasteiger partial charge in [-0.1, -0.05) is 31.9 Å².